The summed E-state index contributed by atoms with van der Waals surface area (Å²) in [6.45, 7) is 0.284. The second kappa shape index (κ2) is 6.46. The Morgan fingerprint density at radius 3 is 3.00 bits per heavy atom. The van der Waals surface area contributed by atoms with E-state index in [0.29, 0.717) is 5.56 Å². The molecule has 0 radical (unpaired) electrons. The Bertz CT molecular complexity index is 866. The second-order valence-electron chi connectivity index (χ2n) is 4.78. The van der Waals surface area contributed by atoms with Gasteiger partial charge in [-0.1, -0.05) is 0 Å². The van der Waals surface area contributed by atoms with Crippen LogP contribution in [-0.4, -0.2) is 15.4 Å². The van der Waals surface area contributed by atoms with Crippen LogP contribution >= 0.6 is 11.3 Å². The van der Waals surface area contributed by atoms with Crippen LogP contribution in [-0.2, 0) is 13.1 Å². The van der Waals surface area contributed by atoms with Crippen molar-refractivity contribution in [1.29, 1.82) is 5.26 Å². The fraction of sp³-hybridized carbons (Fsp3) is 0.133. The number of thiazole rings is 1. The molecule has 0 saturated heterocycles. The molecule has 0 atom stereocenters. The number of benzene rings is 1. The van der Waals surface area contributed by atoms with E-state index in [9.17, 15) is 9.18 Å². The lowest BCUT2D eigenvalue weighted by Crippen LogP contribution is -2.34. The average Bonchev–Trinajstić information content (AvgIpc) is 3.13. The standard InChI is InChI=1S/C15H12FN5OS/c16-13-2-1-10(6-17)5-11(13)7-18-14(22)19-8-12-9-21-3-4-23-15(21)20-12/h1-5,9H,7-8H2,(H2,18,19,22). The zero-order valence-corrected chi connectivity index (χ0v) is 12.7. The Balaban J connectivity index is 1.53. The molecule has 2 N–H and O–H groups in total. The summed E-state index contributed by atoms with van der Waals surface area (Å²) < 4.78 is 15.5. The van der Waals surface area contributed by atoms with Crippen molar-refractivity contribution in [3.8, 4) is 6.07 Å². The van der Waals surface area contributed by atoms with Crippen LogP contribution in [0.25, 0.3) is 4.96 Å². The lowest BCUT2D eigenvalue weighted by atomic mass is 10.1. The molecule has 2 aromatic heterocycles. The number of carbonyl (C=O) groups excluding carboxylic acids is 1. The fourth-order valence-corrected chi connectivity index (χ4v) is 2.77. The van der Waals surface area contributed by atoms with E-state index in [0.717, 1.165) is 10.7 Å². The number of aromatic nitrogens is 2. The number of rotatable bonds is 4. The molecule has 0 aliphatic rings. The van der Waals surface area contributed by atoms with Crippen molar-refractivity contribution in [2.45, 2.75) is 13.1 Å². The van der Waals surface area contributed by atoms with Crippen LogP contribution in [0.5, 0.6) is 0 Å². The fourth-order valence-electron chi connectivity index (χ4n) is 2.05. The largest absolute Gasteiger partial charge is 0.334 e. The molecule has 0 spiro atoms. The smallest absolute Gasteiger partial charge is 0.315 e. The molecule has 8 heteroatoms. The SMILES string of the molecule is N#Cc1ccc(F)c(CNC(=O)NCc2cn3ccsc3n2)c1. The van der Waals surface area contributed by atoms with Crippen molar-refractivity contribution in [2.24, 2.45) is 0 Å². The van der Waals surface area contributed by atoms with E-state index in [1.165, 1.54) is 29.5 Å². The quantitative estimate of drug-likeness (QED) is 0.771. The van der Waals surface area contributed by atoms with Gasteiger partial charge in [-0.15, -0.1) is 11.3 Å². The Hall–Kier alpha value is -2.92. The van der Waals surface area contributed by atoms with Gasteiger partial charge in [0, 0.05) is 29.9 Å². The van der Waals surface area contributed by atoms with Crippen LogP contribution < -0.4 is 10.6 Å². The van der Waals surface area contributed by atoms with E-state index in [2.05, 4.69) is 15.6 Å². The number of halogens is 1. The van der Waals surface area contributed by atoms with Crippen molar-refractivity contribution in [1.82, 2.24) is 20.0 Å². The van der Waals surface area contributed by atoms with Gasteiger partial charge in [0.15, 0.2) is 4.96 Å². The number of fused-ring (bicyclic) bond motifs is 1. The number of hydrogen-bond donors (Lipinski definition) is 2. The van der Waals surface area contributed by atoms with E-state index in [1.807, 2.05) is 28.2 Å². The molecular weight excluding hydrogens is 317 g/mol. The first-order chi connectivity index (χ1) is 11.2. The topological polar surface area (TPSA) is 82.2 Å². The normalized spacial score (nSPS) is 10.4. The number of hydrogen-bond acceptors (Lipinski definition) is 4. The minimum Gasteiger partial charge on any atom is -0.334 e. The highest BCUT2D eigenvalue weighted by molar-refractivity contribution is 7.15. The molecule has 3 aromatic rings. The zero-order valence-electron chi connectivity index (χ0n) is 11.9. The summed E-state index contributed by atoms with van der Waals surface area (Å²) in [5.41, 5.74) is 1.35. The minimum absolute atomic E-state index is 0.00542. The zero-order chi connectivity index (χ0) is 16.2. The minimum atomic E-state index is -0.460. The summed E-state index contributed by atoms with van der Waals surface area (Å²) in [5, 5.41) is 15.9. The van der Waals surface area contributed by atoms with E-state index >= 15 is 0 Å². The van der Waals surface area contributed by atoms with Crippen molar-refractivity contribution >= 4 is 22.3 Å². The predicted molar refractivity (Wildman–Crippen MR) is 83.3 cm³/mol. The van der Waals surface area contributed by atoms with Gasteiger partial charge in [0.25, 0.3) is 0 Å². The first-order valence-corrected chi connectivity index (χ1v) is 7.65. The summed E-state index contributed by atoms with van der Waals surface area (Å²) in [5.74, 6) is -0.460. The van der Waals surface area contributed by atoms with Gasteiger partial charge in [0.05, 0.1) is 23.9 Å². The molecule has 3 rings (SSSR count). The van der Waals surface area contributed by atoms with Gasteiger partial charge in [-0.25, -0.2) is 14.2 Å². The van der Waals surface area contributed by atoms with Crippen molar-refractivity contribution in [3.63, 3.8) is 0 Å². The number of imidazole rings is 1. The third-order valence-electron chi connectivity index (χ3n) is 3.19. The molecule has 0 bridgehead atoms. The maximum Gasteiger partial charge on any atom is 0.315 e. The van der Waals surface area contributed by atoms with Crippen LogP contribution in [0.1, 0.15) is 16.8 Å². The van der Waals surface area contributed by atoms with E-state index in [4.69, 9.17) is 5.26 Å². The van der Waals surface area contributed by atoms with Gasteiger partial charge in [-0.2, -0.15) is 5.26 Å². The summed E-state index contributed by atoms with van der Waals surface area (Å²) >= 11 is 1.51. The lowest BCUT2D eigenvalue weighted by molar-refractivity contribution is 0.240. The predicted octanol–water partition coefficient (Wildman–Crippen LogP) is 2.41. The summed E-state index contributed by atoms with van der Waals surface area (Å²) in [4.78, 5) is 17.0. The van der Waals surface area contributed by atoms with Crippen molar-refractivity contribution in [2.75, 3.05) is 0 Å². The Labute approximate surface area is 135 Å². The molecule has 0 aliphatic carbocycles. The van der Waals surface area contributed by atoms with E-state index in [-0.39, 0.29) is 18.7 Å². The van der Waals surface area contributed by atoms with E-state index < -0.39 is 11.8 Å². The Morgan fingerprint density at radius 2 is 2.22 bits per heavy atom. The Kier molecular flexibility index (Phi) is 4.21. The lowest BCUT2D eigenvalue weighted by Gasteiger charge is -2.07. The average molecular weight is 329 g/mol. The molecule has 116 valence electrons. The molecular formula is C15H12FN5OS. The molecule has 2 heterocycles. The van der Waals surface area contributed by atoms with Crippen LogP contribution in [0.15, 0.2) is 36.0 Å². The number of amides is 2. The highest BCUT2D eigenvalue weighted by Gasteiger charge is 2.07. The third kappa shape index (κ3) is 3.46. The molecule has 0 fully saturated rings. The number of urea groups is 1. The van der Waals surface area contributed by atoms with Crippen LogP contribution in [0.4, 0.5) is 9.18 Å². The second-order valence-corrected chi connectivity index (χ2v) is 5.65. The highest BCUT2D eigenvalue weighted by Crippen LogP contribution is 2.11. The molecule has 0 saturated carbocycles. The molecule has 6 nitrogen and oxygen atoms in total. The number of nitriles is 1. The van der Waals surface area contributed by atoms with Gasteiger partial charge < -0.3 is 10.6 Å². The highest BCUT2D eigenvalue weighted by atomic mass is 32.1. The monoisotopic (exact) mass is 329 g/mol. The number of nitrogens with zero attached hydrogens (tertiary/aromatic N) is 3. The molecule has 1 aromatic carbocycles. The summed E-state index contributed by atoms with van der Waals surface area (Å²) in [7, 11) is 0. The van der Waals surface area contributed by atoms with Gasteiger partial charge >= 0.3 is 6.03 Å². The van der Waals surface area contributed by atoms with Crippen molar-refractivity contribution in [3.05, 3.63) is 58.6 Å². The van der Waals surface area contributed by atoms with Crippen LogP contribution in [0, 0.1) is 17.1 Å². The van der Waals surface area contributed by atoms with Crippen molar-refractivity contribution < 1.29 is 9.18 Å². The Morgan fingerprint density at radius 1 is 1.39 bits per heavy atom. The molecule has 0 aliphatic heterocycles. The first-order valence-electron chi connectivity index (χ1n) is 6.77. The van der Waals surface area contributed by atoms with Gasteiger partial charge in [-0.05, 0) is 18.2 Å². The van der Waals surface area contributed by atoms with Gasteiger partial charge in [0.2, 0.25) is 0 Å². The van der Waals surface area contributed by atoms with Gasteiger partial charge in [0.1, 0.15) is 5.82 Å². The molecule has 0 unspecified atom stereocenters. The number of nitrogens with one attached hydrogen (secondary N) is 2. The summed E-state index contributed by atoms with van der Waals surface area (Å²) in [6, 6.07) is 5.53. The number of carbonyl (C=O) groups is 1. The van der Waals surface area contributed by atoms with Gasteiger partial charge in [-0.3, -0.25) is 4.40 Å². The van der Waals surface area contributed by atoms with E-state index in [1.54, 1.807) is 0 Å². The molecule has 23 heavy (non-hydrogen) atoms. The van der Waals surface area contributed by atoms with Crippen LogP contribution in [0.3, 0.4) is 0 Å². The summed E-state index contributed by atoms with van der Waals surface area (Å²) in [6.07, 6.45) is 3.73. The maximum absolute atomic E-state index is 13.6. The first kappa shape index (κ1) is 15.0. The van der Waals surface area contributed by atoms with Crippen LogP contribution in [0.2, 0.25) is 0 Å². The third-order valence-corrected chi connectivity index (χ3v) is 3.96. The molecule has 2 amide bonds. The maximum atomic E-state index is 13.6.